The van der Waals surface area contributed by atoms with Gasteiger partial charge in [0.25, 0.3) is 17.7 Å². The Hall–Kier alpha value is -4.42. The zero-order valence-corrected chi connectivity index (χ0v) is 16.8. The normalized spacial score (nSPS) is 10.5. The number of nitrogens with zero attached hydrogens (tertiary/aromatic N) is 4. The van der Waals surface area contributed by atoms with Crippen LogP contribution in [0.4, 0.5) is 11.5 Å². The molecule has 0 aromatic carbocycles. The number of aryl methyl sites for hydroxylation is 2. The molecular formula is C18H21N9O4. The van der Waals surface area contributed by atoms with E-state index in [4.69, 9.17) is 5.73 Å². The minimum Gasteiger partial charge on any atom is -0.363 e. The first-order valence-corrected chi connectivity index (χ1v) is 9.12. The van der Waals surface area contributed by atoms with Crippen molar-refractivity contribution >= 4 is 35.1 Å². The molecule has 3 aromatic heterocycles. The third-order valence-corrected chi connectivity index (χ3v) is 4.24. The average molecular weight is 427 g/mol. The molecule has 3 rings (SSSR count). The van der Waals surface area contributed by atoms with Crippen molar-refractivity contribution in [2.75, 3.05) is 17.2 Å². The predicted molar refractivity (Wildman–Crippen MR) is 109 cm³/mol. The van der Waals surface area contributed by atoms with Crippen molar-refractivity contribution in [2.24, 2.45) is 19.8 Å². The lowest BCUT2D eigenvalue weighted by molar-refractivity contribution is -0.116. The van der Waals surface area contributed by atoms with Crippen molar-refractivity contribution in [3.8, 4) is 0 Å². The van der Waals surface area contributed by atoms with Crippen LogP contribution in [-0.4, -0.2) is 54.3 Å². The van der Waals surface area contributed by atoms with Gasteiger partial charge >= 0.3 is 0 Å². The first-order valence-electron chi connectivity index (χ1n) is 9.12. The molecular weight excluding hydrogens is 406 g/mol. The topological polar surface area (TPSA) is 182 Å². The quantitative estimate of drug-likeness (QED) is 0.326. The number of carbonyl (C=O) groups is 4. The molecule has 0 atom stereocenters. The molecule has 3 aromatic rings. The Labute approximate surface area is 176 Å². The Bertz CT molecular complexity index is 1140. The van der Waals surface area contributed by atoms with Gasteiger partial charge in [-0.25, -0.2) is 9.97 Å². The summed E-state index contributed by atoms with van der Waals surface area (Å²) >= 11 is 0. The molecule has 162 valence electrons. The van der Waals surface area contributed by atoms with Crippen molar-refractivity contribution < 1.29 is 19.2 Å². The van der Waals surface area contributed by atoms with Crippen molar-refractivity contribution in [1.29, 1.82) is 0 Å². The second-order valence-electron chi connectivity index (χ2n) is 6.60. The third-order valence-electron chi connectivity index (χ3n) is 4.24. The van der Waals surface area contributed by atoms with E-state index in [1.54, 1.807) is 35.6 Å². The van der Waals surface area contributed by atoms with E-state index in [-0.39, 0.29) is 30.4 Å². The fourth-order valence-corrected chi connectivity index (χ4v) is 2.73. The zero-order valence-electron chi connectivity index (χ0n) is 16.8. The highest BCUT2D eigenvalue weighted by Crippen LogP contribution is 2.14. The molecule has 0 aliphatic carbocycles. The van der Waals surface area contributed by atoms with Crippen LogP contribution in [-0.2, 0) is 18.9 Å². The summed E-state index contributed by atoms with van der Waals surface area (Å²) in [5, 5.41) is 7.83. The standard InChI is InChI=1S/C18H21N9O4/c1-26-6-5-20-16(26)18(31)23-10-7-11(27(2)9-10)17(30)21-4-3-13(28)24-12-8-22-15(25-12)14(19)29/h5-9H,3-4H2,1-2H3,(H2,19,29)(H,21,30)(H,22,25)(H,23,31)(H,24,28). The van der Waals surface area contributed by atoms with E-state index < -0.39 is 23.6 Å². The highest BCUT2D eigenvalue weighted by Gasteiger charge is 2.16. The molecule has 3 heterocycles. The van der Waals surface area contributed by atoms with Crippen LogP contribution in [0.5, 0.6) is 0 Å². The van der Waals surface area contributed by atoms with Gasteiger partial charge in [-0.15, -0.1) is 0 Å². The van der Waals surface area contributed by atoms with Gasteiger partial charge in [-0.3, -0.25) is 19.2 Å². The summed E-state index contributed by atoms with van der Waals surface area (Å²) in [5.74, 6) is -1.56. The van der Waals surface area contributed by atoms with E-state index >= 15 is 0 Å². The van der Waals surface area contributed by atoms with Crippen molar-refractivity contribution in [1.82, 2.24) is 29.4 Å². The van der Waals surface area contributed by atoms with Crippen LogP contribution in [0.2, 0.25) is 0 Å². The number of nitrogens with one attached hydrogen (secondary N) is 4. The number of rotatable bonds is 8. The number of nitrogens with two attached hydrogens (primary N) is 1. The Balaban J connectivity index is 1.50. The number of amides is 4. The van der Waals surface area contributed by atoms with E-state index in [1.165, 1.54) is 18.5 Å². The van der Waals surface area contributed by atoms with Crippen molar-refractivity contribution in [3.05, 3.63) is 48.2 Å². The molecule has 13 heteroatoms. The van der Waals surface area contributed by atoms with Crippen LogP contribution in [0.3, 0.4) is 0 Å². The Morgan fingerprint density at radius 2 is 1.87 bits per heavy atom. The highest BCUT2D eigenvalue weighted by molar-refractivity contribution is 6.03. The molecule has 31 heavy (non-hydrogen) atoms. The average Bonchev–Trinajstić information content (AvgIpc) is 3.42. The molecule has 13 nitrogen and oxygen atoms in total. The molecule has 0 spiro atoms. The van der Waals surface area contributed by atoms with Crippen molar-refractivity contribution in [3.63, 3.8) is 0 Å². The van der Waals surface area contributed by atoms with Gasteiger partial charge in [-0.05, 0) is 6.07 Å². The summed E-state index contributed by atoms with van der Waals surface area (Å²) in [5.41, 5.74) is 5.81. The Kier molecular flexibility index (Phi) is 6.14. The predicted octanol–water partition coefficient (Wildman–Crippen LogP) is -0.408. The van der Waals surface area contributed by atoms with Crippen LogP contribution >= 0.6 is 0 Å². The second kappa shape index (κ2) is 8.94. The smallest absolute Gasteiger partial charge is 0.291 e. The molecule has 4 amide bonds. The summed E-state index contributed by atoms with van der Waals surface area (Å²) in [7, 11) is 3.36. The number of imidazole rings is 2. The number of anilines is 2. The zero-order chi connectivity index (χ0) is 22.5. The minimum absolute atomic E-state index is 0.0101. The summed E-state index contributed by atoms with van der Waals surface area (Å²) in [6.07, 6.45) is 6.01. The lowest BCUT2D eigenvalue weighted by Gasteiger charge is -2.06. The first kappa shape index (κ1) is 21.3. The SMILES string of the molecule is Cn1cc(NC(=O)c2nccn2C)cc1C(=O)NCCC(=O)Nc1cnc(C(N)=O)[nH]1. The number of H-pyrrole nitrogens is 1. The van der Waals surface area contributed by atoms with Gasteiger partial charge in [0.05, 0.1) is 11.9 Å². The van der Waals surface area contributed by atoms with Gasteiger partial charge in [0.2, 0.25) is 5.91 Å². The highest BCUT2D eigenvalue weighted by atomic mass is 16.2. The van der Waals surface area contributed by atoms with E-state index in [1.807, 2.05) is 0 Å². The summed E-state index contributed by atoms with van der Waals surface area (Å²) in [6.45, 7) is 0.0711. The molecule has 0 unspecified atom stereocenters. The van der Waals surface area contributed by atoms with E-state index in [0.29, 0.717) is 11.4 Å². The molecule has 0 aliphatic rings. The van der Waals surface area contributed by atoms with E-state index in [0.717, 1.165) is 0 Å². The van der Waals surface area contributed by atoms with Gasteiger partial charge in [-0.2, -0.15) is 0 Å². The number of hydrogen-bond acceptors (Lipinski definition) is 6. The Morgan fingerprint density at radius 1 is 1.10 bits per heavy atom. The molecule has 0 bridgehead atoms. The van der Waals surface area contributed by atoms with Crippen LogP contribution in [0.25, 0.3) is 0 Å². The second-order valence-corrected chi connectivity index (χ2v) is 6.60. The number of hydrogen-bond donors (Lipinski definition) is 5. The molecule has 0 aliphatic heterocycles. The van der Waals surface area contributed by atoms with Crippen LogP contribution in [0, 0.1) is 0 Å². The number of aromatic amines is 1. The van der Waals surface area contributed by atoms with Gasteiger partial charge in [0.15, 0.2) is 11.6 Å². The fraction of sp³-hybridized carbons (Fsp3) is 0.222. The number of aromatic nitrogens is 5. The van der Waals surface area contributed by atoms with Crippen LogP contribution in [0.15, 0.2) is 30.9 Å². The Morgan fingerprint density at radius 3 is 2.52 bits per heavy atom. The van der Waals surface area contributed by atoms with E-state index in [9.17, 15) is 19.2 Å². The van der Waals surface area contributed by atoms with Gasteiger partial charge in [-0.1, -0.05) is 0 Å². The maximum atomic E-state index is 12.4. The lowest BCUT2D eigenvalue weighted by Crippen LogP contribution is -2.29. The molecule has 6 N–H and O–H groups in total. The van der Waals surface area contributed by atoms with Gasteiger partial charge in [0, 0.05) is 45.7 Å². The summed E-state index contributed by atoms with van der Waals surface area (Å²) < 4.78 is 3.13. The number of primary amides is 1. The molecule has 0 fully saturated rings. The first-order chi connectivity index (χ1) is 14.7. The van der Waals surface area contributed by atoms with Crippen LogP contribution < -0.4 is 21.7 Å². The molecule has 0 radical (unpaired) electrons. The van der Waals surface area contributed by atoms with Gasteiger partial charge < -0.3 is 35.8 Å². The summed E-state index contributed by atoms with van der Waals surface area (Å²) in [4.78, 5) is 57.8. The van der Waals surface area contributed by atoms with Crippen LogP contribution in [0.1, 0.15) is 38.1 Å². The molecule has 0 saturated carbocycles. The monoisotopic (exact) mass is 427 g/mol. The third kappa shape index (κ3) is 5.14. The largest absolute Gasteiger partial charge is 0.363 e. The molecule has 0 saturated heterocycles. The summed E-state index contributed by atoms with van der Waals surface area (Å²) in [6, 6.07) is 1.52. The van der Waals surface area contributed by atoms with Gasteiger partial charge in [0.1, 0.15) is 11.5 Å². The maximum Gasteiger partial charge on any atom is 0.291 e. The number of carbonyl (C=O) groups excluding carboxylic acids is 4. The minimum atomic E-state index is -0.745. The lowest BCUT2D eigenvalue weighted by atomic mass is 10.3. The maximum absolute atomic E-state index is 12.4. The van der Waals surface area contributed by atoms with E-state index in [2.05, 4.69) is 30.9 Å². The van der Waals surface area contributed by atoms with Crippen molar-refractivity contribution in [2.45, 2.75) is 6.42 Å². The fourth-order valence-electron chi connectivity index (χ4n) is 2.73.